The summed E-state index contributed by atoms with van der Waals surface area (Å²) in [6.07, 6.45) is 5.12. The number of benzene rings is 1. The highest BCUT2D eigenvalue weighted by Gasteiger charge is 2.01. The van der Waals surface area contributed by atoms with Gasteiger partial charge in [-0.05, 0) is 18.2 Å². The lowest BCUT2D eigenvalue weighted by Crippen LogP contribution is -2.09. The molecule has 0 radical (unpaired) electrons. The van der Waals surface area contributed by atoms with Crippen LogP contribution >= 0.6 is 23.4 Å². The van der Waals surface area contributed by atoms with Gasteiger partial charge in [0.25, 0.3) is 0 Å². The van der Waals surface area contributed by atoms with Gasteiger partial charge in [0.1, 0.15) is 0 Å². The molecular weight excluding hydrogens is 223 g/mol. The van der Waals surface area contributed by atoms with Gasteiger partial charge in [-0.1, -0.05) is 23.2 Å². The summed E-state index contributed by atoms with van der Waals surface area (Å²) >= 11 is 7.33. The second-order valence-electron chi connectivity index (χ2n) is 2.36. The molecule has 2 N–H and O–H groups in total. The zero-order valence-electron chi connectivity index (χ0n) is 7.18. The Morgan fingerprint density at radius 1 is 1.57 bits per heavy atom. The van der Waals surface area contributed by atoms with Gasteiger partial charge < -0.3 is 0 Å². The number of terminal acetylenes is 1. The topological polar surface area (TPSA) is 24.1 Å². The van der Waals surface area contributed by atoms with Crippen LogP contribution in [0.25, 0.3) is 0 Å². The molecule has 14 heavy (non-hydrogen) atoms. The Morgan fingerprint density at radius 3 is 3.00 bits per heavy atom. The van der Waals surface area contributed by atoms with E-state index in [1.165, 1.54) is 17.4 Å². The first-order valence-corrected chi connectivity index (χ1v) is 5.11. The Bertz CT molecular complexity index is 351. The predicted octanol–water partition coefficient (Wildman–Crippen LogP) is 2.87. The summed E-state index contributed by atoms with van der Waals surface area (Å²) in [7, 11) is 0. The lowest BCUT2D eigenvalue weighted by atomic mass is 10.3. The summed E-state index contributed by atoms with van der Waals surface area (Å²) in [4.78, 5) is 0.824. The van der Waals surface area contributed by atoms with Gasteiger partial charge >= 0.3 is 0 Å². The molecule has 0 atom stereocenters. The first kappa shape index (κ1) is 11.2. The number of rotatable bonds is 4. The Kier molecular flexibility index (Phi) is 4.60. The van der Waals surface area contributed by atoms with Crippen LogP contribution in [0.2, 0.25) is 5.02 Å². The first-order valence-electron chi connectivity index (χ1n) is 3.75. The van der Waals surface area contributed by atoms with Gasteiger partial charge in [-0.15, -0.1) is 22.7 Å². The van der Waals surface area contributed by atoms with E-state index in [0.29, 0.717) is 16.5 Å². The molecule has 1 aromatic rings. The van der Waals surface area contributed by atoms with Crippen molar-refractivity contribution in [3.05, 3.63) is 23.2 Å². The van der Waals surface area contributed by atoms with Crippen LogP contribution in [0.3, 0.4) is 0 Å². The van der Waals surface area contributed by atoms with Gasteiger partial charge in [0.05, 0.1) is 16.5 Å². The molecule has 0 amide bonds. The van der Waals surface area contributed by atoms with Crippen molar-refractivity contribution >= 4 is 29.1 Å². The van der Waals surface area contributed by atoms with Crippen molar-refractivity contribution in [1.29, 1.82) is 0 Å². The highest BCUT2D eigenvalue weighted by molar-refractivity contribution is 7.99. The molecule has 0 spiro atoms. The van der Waals surface area contributed by atoms with Gasteiger partial charge in [0.15, 0.2) is 0 Å². The average molecular weight is 231 g/mol. The van der Waals surface area contributed by atoms with Crippen molar-refractivity contribution in [3.8, 4) is 12.3 Å². The zero-order valence-corrected chi connectivity index (χ0v) is 8.75. The van der Waals surface area contributed by atoms with E-state index >= 15 is 0 Å². The summed E-state index contributed by atoms with van der Waals surface area (Å²) < 4.78 is 11.7. The van der Waals surface area contributed by atoms with E-state index in [0.717, 1.165) is 4.90 Å². The molecule has 0 saturated heterocycles. The number of nitrogens with one attached hydrogen (secondary N) is 2. The van der Waals surface area contributed by atoms with Gasteiger partial charge in [-0.25, -0.2) is 0 Å². The third-order valence-corrected chi connectivity index (χ3v) is 2.84. The Morgan fingerprint density at radius 2 is 2.36 bits per heavy atom. The molecule has 0 aliphatic carbocycles. The minimum Gasteiger partial charge on any atom is -0.295 e. The van der Waals surface area contributed by atoms with Crippen LogP contribution < -0.4 is 11.1 Å². The van der Waals surface area contributed by atoms with Crippen molar-refractivity contribution in [2.24, 2.45) is 0 Å². The quantitative estimate of drug-likeness (QED) is 0.360. The third kappa shape index (κ3) is 3.11. The molecule has 0 aromatic heterocycles. The molecule has 1 aromatic carbocycles. The van der Waals surface area contributed by atoms with Crippen LogP contribution in [0, 0.1) is 12.3 Å². The van der Waals surface area contributed by atoms with Crippen molar-refractivity contribution in [3.63, 3.8) is 0 Å². The fraction of sp³-hybridized carbons (Fsp3) is 0.111. The summed E-state index contributed by atoms with van der Waals surface area (Å²) in [5.41, 5.74) is 4.25. The van der Waals surface area contributed by atoms with E-state index in [2.05, 4.69) is 11.3 Å². The maximum atomic E-state index is 11.7. The van der Waals surface area contributed by atoms with E-state index in [1.54, 1.807) is 18.2 Å². The molecule has 0 unspecified atom stereocenters. The fourth-order valence-electron chi connectivity index (χ4n) is 0.866. The summed E-state index contributed by atoms with van der Waals surface area (Å²) in [6.45, 7) is 0. The molecule has 0 aliphatic heterocycles. The maximum Gasteiger partial charge on any atom is 0.0592 e. The first-order chi connectivity index (χ1) is 6.77. The molecule has 1 rings (SSSR count). The second kappa shape index (κ2) is 5.76. The molecule has 0 saturated carbocycles. The summed E-state index contributed by atoms with van der Waals surface area (Å²) in [5, 5.41) is 0.606. The molecule has 0 heterocycles. The van der Waals surface area contributed by atoms with Crippen molar-refractivity contribution < 1.29 is 4.48 Å². The second-order valence-corrected chi connectivity index (χ2v) is 3.78. The van der Waals surface area contributed by atoms with Crippen LogP contribution in [0.1, 0.15) is 0 Å². The molecule has 0 bridgehead atoms. The largest absolute Gasteiger partial charge is 0.295 e. The molecule has 0 fully saturated rings. The highest BCUT2D eigenvalue weighted by Crippen LogP contribution is 2.29. The minimum absolute atomic E-state index is 0.534. The predicted molar refractivity (Wildman–Crippen MR) is 58.9 cm³/mol. The Balaban J connectivity index is 2.80. The Hall–Kier alpha value is -0.890. The standard InChI is InChI=1S/C9H8ClFN2S/c1-2-5-14-9-6-7(12-13-11)3-4-8(9)10/h1,3-4,6,12-13H,5H2. The third-order valence-electron chi connectivity index (χ3n) is 1.43. The van der Waals surface area contributed by atoms with Crippen LogP contribution in [-0.4, -0.2) is 5.75 Å². The van der Waals surface area contributed by atoms with Gasteiger partial charge in [-0.2, -0.15) is 0 Å². The number of anilines is 1. The molecule has 0 aliphatic rings. The van der Waals surface area contributed by atoms with Crippen molar-refractivity contribution in [2.75, 3.05) is 11.2 Å². The monoisotopic (exact) mass is 230 g/mol. The van der Waals surface area contributed by atoms with Crippen molar-refractivity contribution in [1.82, 2.24) is 5.65 Å². The molecular formula is C9H8ClFN2S. The lowest BCUT2D eigenvalue weighted by Gasteiger charge is -2.05. The van der Waals surface area contributed by atoms with E-state index in [4.69, 9.17) is 18.0 Å². The smallest absolute Gasteiger partial charge is 0.0592 e. The molecule has 2 nitrogen and oxygen atoms in total. The maximum absolute atomic E-state index is 11.7. The molecule has 74 valence electrons. The van der Waals surface area contributed by atoms with Gasteiger partial charge in [0, 0.05) is 4.90 Å². The fourth-order valence-corrected chi connectivity index (χ4v) is 1.80. The average Bonchev–Trinajstić information content (AvgIpc) is 2.19. The SMILES string of the molecule is C#CCSc1cc(NNF)ccc1Cl. The van der Waals surface area contributed by atoms with Crippen LogP contribution in [-0.2, 0) is 0 Å². The Labute approximate surface area is 91.1 Å². The molecule has 5 heteroatoms. The van der Waals surface area contributed by atoms with E-state index in [1.807, 2.05) is 0 Å². The number of hydrogen-bond acceptors (Lipinski definition) is 3. The van der Waals surface area contributed by atoms with Crippen LogP contribution in [0.15, 0.2) is 23.1 Å². The normalized spacial score (nSPS) is 9.50. The van der Waals surface area contributed by atoms with E-state index in [-0.39, 0.29) is 0 Å². The van der Waals surface area contributed by atoms with E-state index < -0.39 is 0 Å². The number of thioether (sulfide) groups is 1. The highest BCUT2D eigenvalue weighted by atomic mass is 35.5. The van der Waals surface area contributed by atoms with Gasteiger partial charge in [-0.3, -0.25) is 5.43 Å². The van der Waals surface area contributed by atoms with Gasteiger partial charge in [0.2, 0.25) is 0 Å². The van der Waals surface area contributed by atoms with E-state index in [9.17, 15) is 4.48 Å². The number of hydrogen-bond donors (Lipinski definition) is 2. The summed E-state index contributed by atoms with van der Waals surface area (Å²) in [6, 6.07) is 5.06. The lowest BCUT2D eigenvalue weighted by molar-refractivity contribution is 0.376. The van der Waals surface area contributed by atoms with Crippen molar-refractivity contribution in [2.45, 2.75) is 4.90 Å². The van der Waals surface area contributed by atoms with Crippen LogP contribution in [0.4, 0.5) is 10.2 Å². The van der Waals surface area contributed by atoms with Crippen LogP contribution in [0.5, 0.6) is 0 Å². The minimum atomic E-state index is 0.534. The number of hydrazine groups is 1. The number of halogens is 2. The zero-order chi connectivity index (χ0) is 10.4. The summed E-state index contributed by atoms with van der Waals surface area (Å²) in [5.74, 6) is 3.02.